The Morgan fingerprint density at radius 2 is 2.15 bits per heavy atom. The van der Waals surface area contributed by atoms with Crippen LogP contribution in [0.2, 0.25) is 0 Å². The van der Waals surface area contributed by atoms with Gasteiger partial charge in [0.25, 0.3) is 0 Å². The van der Waals surface area contributed by atoms with Gasteiger partial charge in [0.15, 0.2) is 5.13 Å². The van der Waals surface area contributed by atoms with Gasteiger partial charge in [-0.1, -0.05) is 30.4 Å². The fourth-order valence-corrected chi connectivity index (χ4v) is 3.25. The molecule has 0 aliphatic carbocycles. The van der Waals surface area contributed by atoms with Crippen LogP contribution in [-0.4, -0.2) is 31.3 Å². The van der Waals surface area contributed by atoms with E-state index in [2.05, 4.69) is 9.88 Å². The van der Waals surface area contributed by atoms with E-state index in [9.17, 15) is 4.39 Å². The van der Waals surface area contributed by atoms with Crippen LogP contribution in [0.15, 0.2) is 24.4 Å². The quantitative estimate of drug-likeness (QED) is 0.867. The van der Waals surface area contributed by atoms with Gasteiger partial charge in [-0.2, -0.15) is 0 Å². The third-order valence-corrected chi connectivity index (χ3v) is 4.60. The van der Waals surface area contributed by atoms with E-state index in [4.69, 9.17) is 4.74 Å². The average molecular weight is 292 g/mol. The van der Waals surface area contributed by atoms with Crippen LogP contribution >= 0.6 is 11.3 Å². The number of benzene rings is 1. The van der Waals surface area contributed by atoms with Gasteiger partial charge in [0.1, 0.15) is 5.82 Å². The Morgan fingerprint density at radius 3 is 2.85 bits per heavy atom. The minimum atomic E-state index is -0.133. The number of rotatable bonds is 3. The largest absolute Gasteiger partial charge is 0.378 e. The third-order valence-electron chi connectivity index (χ3n) is 3.49. The van der Waals surface area contributed by atoms with Crippen molar-refractivity contribution in [3.63, 3.8) is 0 Å². The molecule has 20 heavy (non-hydrogen) atoms. The highest BCUT2D eigenvalue weighted by atomic mass is 32.1. The molecule has 1 aliphatic rings. The maximum absolute atomic E-state index is 13.9. The van der Waals surface area contributed by atoms with Gasteiger partial charge in [-0.3, -0.25) is 0 Å². The second-order valence-corrected chi connectivity index (χ2v) is 5.78. The molecule has 1 aromatic heterocycles. The molecule has 0 unspecified atom stereocenters. The zero-order valence-electron chi connectivity index (χ0n) is 11.4. The molecule has 106 valence electrons. The van der Waals surface area contributed by atoms with Gasteiger partial charge in [0.05, 0.1) is 18.1 Å². The first-order chi connectivity index (χ1) is 9.78. The number of thiazole rings is 1. The summed E-state index contributed by atoms with van der Waals surface area (Å²) in [5.41, 5.74) is 1.66. The van der Waals surface area contributed by atoms with Crippen LogP contribution in [0, 0.1) is 5.82 Å². The molecule has 0 saturated carbocycles. The van der Waals surface area contributed by atoms with Gasteiger partial charge >= 0.3 is 0 Å². The van der Waals surface area contributed by atoms with E-state index >= 15 is 0 Å². The summed E-state index contributed by atoms with van der Waals surface area (Å²) in [5, 5.41) is 0.989. The number of morpholine rings is 1. The fourth-order valence-electron chi connectivity index (χ4n) is 2.29. The Bertz CT molecular complexity index is 593. The van der Waals surface area contributed by atoms with Crippen LogP contribution < -0.4 is 4.90 Å². The van der Waals surface area contributed by atoms with Gasteiger partial charge in [0.2, 0.25) is 0 Å². The molecule has 1 saturated heterocycles. The second kappa shape index (κ2) is 5.89. The van der Waals surface area contributed by atoms with Crippen LogP contribution in [0.3, 0.4) is 0 Å². The molecule has 0 spiro atoms. The zero-order chi connectivity index (χ0) is 13.9. The summed E-state index contributed by atoms with van der Waals surface area (Å²) in [6, 6.07) is 5.44. The number of aryl methyl sites for hydroxylation is 1. The minimum absolute atomic E-state index is 0.133. The molecule has 5 heteroatoms. The summed E-state index contributed by atoms with van der Waals surface area (Å²) in [6.45, 7) is 5.19. The maximum Gasteiger partial charge on any atom is 0.186 e. The molecule has 0 bridgehead atoms. The first-order valence-electron chi connectivity index (χ1n) is 6.85. The molecule has 1 fully saturated rings. The standard InChI is InChI=1S/C15H17FN2OS/c1-2-11-3-4-12(9-13(11)16)14-10-17-15(20-14)18-5-7-19-8-6-18/h3-4,9-10H,2,5-8H2,1H3. The first kappa shape index (κ1) is 13.5. The smallest absolute Gasteiger partial charge is 0.186 e. The van der Waals surface area contributed by atoms with Crippen LogP contribution in [0.1, 0.15) is 12.5 Å². The van der Waals surface area contributed by atoms with E-state index in [1.54, 1.807) is 17.4 Å². The van der Waals surface area contributed by atoms with E-state index in [-0.39, 0.29) is 5.82 Å². The lowest BCUT2D eigenvalue weighted by molar-refractivity contribution is 0.122. The molecular weight excluding hydrogens is 275 g/mol. The molecule has 3 rings (SSSR count). The second-order valence-electron chi connectivity index (χ2n) is 4.77. The zero-order valence-corrected chi connectivity index (χ0v) is 12.3. The summed E-state index contributed by atoms with van der Waals surface area (Å²) in [4.78, 5) is 7.68. The summed E-state index contributed by atoms with van der Waals surface area (Å²) in [5.74, 6) is -0.133. The van der Waals surface area contributed by atoms with Gasteiger partial charge < -0.3 is 9.64 Å². The van der Waals surface area contributed by atoms with Crippen molar-refractivity contribution in [2.24, 2.45) is 0 Å². The highest BCUT2D eigenvalue weighted by molar-refractivity contribution is 7.18. The lowest BCUT2D eigenvalue weighted by Crippen LogP contribution is -2.36. The number of hydrogen-bond acceptors (Lipinski definition) is 4. The molecule has 0 N–H and O–H groups in total. The summed E-state index contributed by atoms with van der Waals surface area (Å²) in [7, 11) is 0. The van der Waals surface area contributed by atoms with Gasteiger partial charge in [-0.05, 0) is 23.6 Å². The van der Waals surface area contributed by atoms with E-state index in [0.29, 0.717) is 6.42 Å². The highest BCUT2D eigenvalue weighted by Gasteiger charge is 2.15. The van der Waals surface area contributed by atoms with Crippen LogP contribution in [0.4, 0.5) is 9.52 Å². The molecular formula is C15H17FN2OS. The molecule has 0 atom stereocenters. The monoisotopic (exact) mass is 292 g/mol. The van der Waals surface area contributed by atoms with Crippen LogP contribution in [-0.2, 0) is 11.2 Å². The number of aromatic nitrogens is 1. The predicted molar refractivity (Wildman–Crippen MR) is 79.9 cm³/mol. The normalized spacial score (nSPS) is 15.6. The van der Waals surface area contributed by atoms with Crippen LogP contribution in [0.5, 0.6) is 0 Å². The van der Waals surface area contributed by atoms with Crippen molar-refractivity contribution in [2.75, 3.05) is 31.2 Å². The van der Waals surface area contributed by atoms with Gasteiger partial charge in [0, 0.05) is 19.3 Å². The molecule has 0 radical (unpaired) electrons. The molecule has 3 nitrogen and oxygen atoms in total. The van der Waals surface area contributed by atoms with Crippen molar-refractivity contribution < 1.29 is 9.13 Å². The SMILES string of the molecule is CCc1ccc(-c2cnc(N3CCOCC3)s2)cc1F. The van der Waals surface area contributed by atoms with Crippen molar-refractivity contribution in [3.8, 4) is 10.4 Å². The highest BCUT2D eigenvalue weighted by Crippen LogP contribution is 2.32. The van der Waals surface area contributed by atoms with Crippen molar-refractivity contribution in [1.82, 2.24) is 4.98 Å². The third kappa shape index (κ3) is 2.69. The van der Waals surface area contributed by atoms with Crippen molar-refractivity contribution in [1.29, 1.82) is 0 Å². The lowest BCUT2D eigenvalue weighted by Gasteiger charge is -2.25. The predicted octanol–water partition coefficient (Wildman–Crippen LogP) is 3.35. The maximum atomic E-state index is 13.9. The Balaban J connectivity index is 1.84. The molecule has 2 aromatic rings. The minimum Gasteiger partial charge on any atom is -0.378 e. The topological polar surface area (TPSA) is 25.4 Å². The Kier molecular flexibility index (Phi) is 3.98. The van der Waals surface area contributed by atoms with Crippen molar-refractivity contribution in [2.45, 2.75) is 13.3 Å². The lowest BCUT2D eigenvalue weighted by atomic mass is 10.1. The number of anilines is 1. The Hall–Kier alpha value is -1.46. The summed E-state index contributed by atoms with van der Waals surface area (Å²) < 4.78 is 19.2. The number of hydrogen-bond donors (Lipinski definition) is 0. The number of ether oxygens (including phenoxy) is 1. The number of nitrogens with zero attached hydrogens (tertiary/aromatic N) is 2. The average Bonchev–Trinajstić information content (AvgIpc) is 2.98. The number of halogens is 1. The Morgan fingerprint density at radius 1 is 1.35 bits per heavy atom. The Labute approximate surface area is 122 Å². The first-order valence-corrected chi connectivity index (χ1v) is 7.67. The summed E-state index contributed by atoms with van der Waals surface area (Å²) in [6.07, 6.45) is 2.55. The summed E-state index contributed by atoms with van der Waals surface area (Å²) >= 11 is 1.61. The molecule has 2 heterocycles. The molecule has 0 amide bonds. The molecule has 1 aliphatic heterocycles. The molecule has 1 aromatic carbocycles. The van der Waals surface area contributed by atoms with E-state index < -0.39 is 0 Å². The van der Waals surface area contributed by atoms with Crippen LogP contribution in [0.25, 0.3) is 10.4 Å². The van der Waals surface area contributed by atoms with Gasteiger partial charge in [-0.25, -0.2) is 9.37 Å². The fraction of sp³-hybridized carbons (Fsp3) is 0.400. The van der Waals surface area contributed by atoms with Gasteiger partial charge in [-0.15, -0.1) is 0 Å². The van der Waals surface area contributed by atoms with E-state index in [0.717, 1.165) is 47.4 Å². The van der Waals surface area contributed by atoms with E-state index in [1.165, 1.54) is 0 Å². The van der Waals surface area contributed by atoms with E-state index in [1.807, 2.05) is 25.3 Å². The van der Waals surface area contributed by atoms with Crippen molar-refractivity contribution in [3.05, 3.63) is 35.8 Å². The van der Waals surface area contributed by atoms with Crippen molar-refractivity contribution >= 4 is 16.5 Å².